The van der Waals surface area contributed by atoms with Crippen molar-refractivity contribution in [2.24, 2.45) is 5.41 Å². The maximum atomic E-state index is 12.5. The normalized spacial score (nSPS) is 27.5. The van der Waals surface area contributed by atoms with Crippen LogP contribution >= 0.6 is 0 Å². The number of methoxy groups -OCH3 is 1. The van der Waals surface area contributed by atoms with Gasteiger partial charge in [-0.1, -0.05) is 36.8 Å². The number of hydrogen-bond donors (Lipinski definition) is 0. The van der Waals surface area contributed by atoms with Crippen LogP contribution in [0.2, 0.25) is 0 Å². The summed E-state index contributed by atoms with van der Waals surface area (Å²) < 4.78 is 11.3. The lowest BCUT2D eigenvalue weighted by Crippen LogP contribution is -2.50. The predicted molar refractivity (Wildman–Crippen MR) is 89.0 cm³/mol. The van der Waals surface area contributed by atoms with Gasteiger partial charge in [0.2, 0.25) is 5.91 Å². The van der Waals surface area contributed by atoms with E-state index >= 15 is 0 Å². The van der Waals surface area contributed by atoms with Gasteiger partial charge in [0, 0.05) is 25.6 Å². The average molecular weight is 317 g/mol. The second-order valence-electron chi connectivity index (χ2n) is 6.88. The number of rotatable bonds is 5. The van der Waals surface area contributed by atoms with Crippen LogP contribution in [-0.2, 0) is 20.9 Å². The third-order valence-electron chi connectivity index (χ3n) is 5.41. The monoisotopic (exact) mass is 317 g/mol. The molecule has 1 saturated heterocycles. The highest BCUT2D eigenvalue weighted by atomic mass is 16.5. The fourth-order valence-electron chi connectivity index (χ4n) is 4.24. The lowest BCUT2D eigenvalue weighted by Gasteiger charge is -2.43. The molecule has 2 aliphatic rings. The van der Waals surface area contributed by atoms with E-state index in [1.165, 1.54) is 19.3 Å². The number of likely N-dealkylation sites (tertiary alicyclic amines) is 1. The summed E-state index contributed by atoms with van der Waals surface area (Å²) in [4.78, 5) is 14.5. The summed E-state index contributed by atoms with van der Waals surface area (Å²) in [5, 5.41) is 0. The Balaban J connectivity index is 1.51. The minimum absolute atomic E-state index is 0.113. The molecule has 0 unspecified atom stereocenters. The van der Waals surface area contributed by atoms with Crippen molar-refractivity contribution in [3.05, 3.63) is 35.9 Å². The first kappa shape index (κ1) is 16.5. The molecule has 1 saturated carbocycles. The van der Waals surface area contributed by atoms with E-state index in [0.29, 0.717) is 12.7 Å². The number of benzene rings is 1. The lowest BCUT2D eigenvalue weighted by atomic mass is 9.76. The molecule has 0 bridgehead atoms. The van der Waals surface area contributed by atoms with E-state index in [9.17, 15) is 4.79 Å². The molecule has 0 N–H and O–H groups in total. The fourth-order valence-corrected chi connectivity index (χ4v) is 4.24. The summed E-state index contributed by atoms with van der Waals surface area (Å²) in [7, 11) is 1.81. The lowest BCUT2D eigenvalue weighted by molar-refractivity contribution is -0.142. The van der Waals surface area contributed by atoms with Crippen LogP contribution in [0.1, 0.15) is 37.7 Å². The summed E-state index contributed by atoms with van der Waals surface area (Å²) in [6, 6.07) is 9.99. The molecule has 126 valence electrons. The second kappa shape index (κ2) is 7.45. The Bertz CT molecular complexity index is 519. The number of carbonyl (C=O) groups excluding carboxylic acids is 1. The van der Waals surface area contributed by atoms with Gasteiger partial charge in [0.25, 0.3) is 0 Å². The Kier molecular flexibility index (Phi) is 5.34. The van der Waals surface area contributed by atoms with Crippen molar-refractivity contribution in [2.45, 2.75) is 44.8 Å². The van der Waals surface area contributed by atoms with E-state index in [4.69, 9.17) is 9.47 Å². The zero-order valence-corrected chi connectivity index (χ0v) is 14.0. The minimum Gasteiger partial charge on any atom is -0.381 e. The highest BCUT2D eigenvalue weighted by Gasteiger charge is 2.46. The first-order valence-corrected chi connectivity index (χ1v) is 8.66. The van der Waals surface area contributed by atoms with Gasteiger partial charge in [0.05, 0.1) is 12.7 Å². The zero-order chi connectivity index (χ0) is 16.1. The molecule has 1 aromatic carbocycles. The molecule has 1 heterocycles. The van der Waals surface area contributed by atoms with Crippen molar-refractivity contribution in [1.29, 1.82) is 0 Å². The van der Waals surface area contributed by atoms with Crippen LogP contribution in [0.3, 0.4) is 0 Å². The van der Waals surface area contributed by atoms with Crippen LogP contribution in [0.25, 0.3) is 0 Å². The fraction of sp³-hybridized carbons (Fsp3) is 0.632. The summed E-state index contributed by atoms with van der Waals surface area (Å²) in [5.74, 6) is 0.113. The van der Waals surface area contributed by atoms with Gasteiger partial charge in [-0.15, -0.1) is 0 Å². The molecule has 2 fully saturated rings. The number of piperidine rings is 1. The molecule has 0 aromatic heterocycles. The molecular formula is C19H27NO3. The number of amides is 1. The standard InChI is InChI=1S/C19H27NO3/c1-22-17-9-5-10-19(17)11-6-12-20(15-19)18(21)14-23-13-16-7-3-2-4-8-16/h2-4,7-8,17H,5-6,9-15H2,1H3/t17-,19-/m1/s1. The SMILES string of the molecule is CO[C@@H]1CCC[C@]12CCCN(C(=O)COCc1ccccc1)C2. The van der Waals surface area contributed by atoms with Gasteiger partial charge >= 0.3 is 0 Å². The van der Waals surface area contributed by atoms with E-state index in [0.717, 1.165) is 31.5 Å². The number of hydrogen-bond acceptors (Lipinski definition) is 3. The Morgan fingerprint density at radius 2 is 2.04 bits per heavy atom. The molecule has 1 aromatic rings. The van der Waals surface area contributed by atoms with Crippen LogP contribution < -0.4 is 0 Å². The average Bonchev–Trinajstić information content (AvgIpc) is 2.97. The predicted octanol–water partition coefficient (Wildman–Crippen LogP) is 3.01. The maximum absolute atomic E-state index is 12.5. The van der Waals surface area contributed by atoms with Gasteiger partial charge in [-0.3, -0.25) is 4.79 Å². The number of ether oxygens (including phenoxy) is 2. The zero-order valence-electron chi connectivity index (χ0n) is 14.0. The third kappa shape index (κ3) is 3.75. The van der Waals surface area contributed by atoms with Crippen LogP contribution in [0.15, 0.2) is 30.3 Å². The van der Waals surface area contributed by atoms with Gasteiger partial charge in [-0.25, -0.2) is 0 Å². The third-order valence-corrected chi connectivity index (χ3v) is 5.41. The van der Waals surface area contributed by atoms with Gasteiger partial charge in [-0.05, 0) is 31.2 Å². The molecule has 4 nitrogen and oxygen atoms in total. The topological polar surface area (TPSA) is 38.8 Å². The van der Waals surface area contributed by atoms with Crippen molar-refractivity contribution in [1.82, 2.24) is 4.90 Å². The smallest absolute Gasteiger partial charge is 0.248 e. The van der Waals surface area contributed by atoms with Crippen molar-refractivity contribution < 1.29 is 14.3 Å². The van der Waals surface area contributed by atoms with Gasteiger partial charge < -0.3 is 14.4 Å². The molecule has 1 aliphatic carbocycles. The molecule has 2 atom stereocenters. The summed E-state index contributed by atoms with van der Waals surface area (Å²) in [5.41, 5.74) is 1.29. The molecule has 3 rings (SSSR count). The summed E-state index contributed by atoms with van der Waals surface area (Å²) in [6.07, 6.45) is 6.09. The van der Waals surface area contributed by atoms with Gasteiger partial charge in [-0.2, -0.15) is 0 Å². The Morgan fingerprint density at radius 3 is 2.83 bits per heavy atom. The molecular weight excluding hydrogens is 290 g/mol. The first-order chi connectivity index (χ1) is 11.2. The van der Waals surface area contributed by atoms with E-state index < -0.39 is 0 Å². The number of nitrogens with zero attached hydrogens (tertiary/aromatic N) is 1. The number of carbonyl (C=O) groups is 1. The summed E-state index contributed by atoms with van der Waals surface area (Å²) in [6.45, 7) is 2.35. The van der Waals surface area contributed by atoms with Crippen LogP contribution in [0.5, 0.6) is 0 Å². The van der Waals surface area contributed by atoms with E-state index in [1.54, 1.807) is 0 Å². The first-order valence-electron chi connectivity index (χ1n) is 8.66. The molecule has 23 heavy (non-hydrogen) atoms. The molecule has 1 aliphatic heterocycles. The highest BCUT2D eigenvalue weighted by molar-refractivity contribution is 5.77. The Morgan fingerprint density at radius 1 is 1.26 bits per heavy atom. The quantitative estimate of drug-likeness (QED) is 0.838. The van der Waals surface area contributed by atoms with E-state index in [2.05, 4.69) is 0 Å². The van der Waals surface area contributed by atoms with Crippen molar-refractivity contribution in [3.63, 3.8) is 0 Å². The summed E-state index contributed by atoms with van der Waals surface area (Å²) >= 11 is 0. The minimum atomic E-state index is 0.113. The Labute approximate surface area is 138 Å². The maximum Gasteiger partial charge on any atom is 0.248 e. The van der Waals surface area contributed by atoms with Crippen molar-refractivity contribution in [2.75, 3.05) is 26.8 Å². The molecule has 4 heteroatoms. The van der Waals surface area contributed by atoms with Gasteiger partial charge in [0.15, 0.2) is 0 Å². The van der Waals surface area contributed by atoms with Crippen LogP contribution in [0.4, 0.5) is 0 Å². The van der Waals surface area contributed by atoms with Gasteiger partial charge in [0.1, 0.15) is 6.61 Å². The van der Waals surface area contributed by atoms with E-state index in [1.807, 2.05) is 42.3 Å². The van der Waals surface area contributed by atoms with Crippen molar-refractivity contribution >= 4 is 5.91 Å². The Hall–Kier alpha value is -1.39. The van der Waals surface area contributed by atoms with Crippen LogP contribution in [-0.4, -0.2) is 43.7 Å². The molecule has 1 spiro atoms. The highest BCUT2D eigenvalue weighted by Crippen LogP contribution is 2.46. The second-order valence-corrected chi connectivity index (χ2v) is 6.88. The molecule has 1 amide bonds. The molecule has 0 radical (unpaired) electrons. The van der Waals surface area contributed by atoms with E-state index in [-0.39, 0.29) is 17.9 Å². The van der Waals surface area contributed by atoms with Crippen molar-refractivity contribution in [3.8, 4) is 0 Å². The van der Waals surface area contributed by atoms with Crippen LogP contribution in [0, 0.1) is 5.41 Å². The largest absolute Gasteiger partial charge is 0.381 e.